The molecule has 34 heteroatoms. The number of fused-ring (bicyclic) bond motifs is 1. The lowest BCUT2D eigenvalue weighted by Crippen LogP contribution is -2.54. The lowest BCUT2D eigenvalue weighted by atomic mass is 9.91. The molecule has 0 unspecified atom stereocenters. The van der Waals surface area contributed by atoms with Crippen molar-refractivity contribution in [1.29, 1.82) is 0 Å². The van der Waals surface area contributed by atoms with E-state index >= 15 is 0 Å². The number of hydrogen-bond acceptors (Lipinski definition) is 22. The minimum absolute atomic E-state index is 0.0130. The Bertz CT molecular complexity index is 4100. The van der Waals surface area contributed by atoms with Crippen LogP contribution in [0.1, 0.15) is 138 Å². The lowest BCUT2D eigenvalue weighted by molar-refractivity contribution is -0.155. The van der Waals surface area contributed by atoms with Crippen molar-refractivity contribution in [3.8, 4) is 0 Å². The summed E-state index contributed by atoms with van der Waals surface area (Å²) in [5, 5.41) is 18.0. The third-order valence-corrected chi connectivity index (χ3v) is 24.6. The van der Waals surface area contributed by atoms with E-state index in [1.165, 1.54) is 48.0 Å². The van der Waals surface area contributed by atoms with Gasteiger partial charge in [-0.3, -0.25) is 48.1 Å². The summed E-state index contributed by atoms with van der Waals surface area (Å²) in [5.74, 6) is -7.29. The number of alkyl carbamates (subject to hydrolysis) is 1. The summed E-state index contributed by atoms with van der Waals surface area (Å²) < 4.78 is 16.7. The number of carbonyl (C=O) groups excluding carboxylic acids is 12. The van der Waals surface area contributed by atoms with Crippen molar-refractivity contribution < 1.29 is 71.7 Å². The number of azide groups is 2. The summed E-state index contributed by atoms with van der Waals surface area (Å²) in [6.07, 6.45) is 2.75. The highest BCUT2D eigenvalue weighted by molar-refractivity contribution is 8.77. The van der Waals surface area contributed by atoms with Gasteiger partial charge < -0.3 is 55.9 Å². The molecule has 6 N–H and O–H groups in total. The molecular weight excluding hydrogens is 1520 g/mol. The molecule has 3 saturated heterocycles. The van der Waals surface area contributed by atoms with E-state index in [0.717, 1.165) is 34.0 Å². The van der Waals surface area contributed by atoms with E-state index in [0.29, 0.717) is 66.9 Å². The monoisotopic (exact) mass is 1610 g/mol. The predicted octanol–water partition coefficient (Wildman–Crippen LogP) is 11.1. The topological polar surface area (TPSA) is 417 Å². The van der Waals surface area contributed by atoms with E-state index in [2.05, 4.69) is 41.3 Å². The molecule has 8 atom stereocenters. The number of allylic oxidation sites excluding steroid dienone is 1. The van der Waals surface area contributed by atoms with Crippen molar-refractivity contribution in [1.82, 2.24) is 40.9 Å². The number of benzene rings is 4. The van der Waals surface area contributed by atoms with Gasteiger partial charge in [-0.15, -0.1) is 11.8 Å². The van der Waals surface area contributed by atoms with E-state index in [9.17, 15) is 57.5 Å². The third kappa shape index (κ3) is 28.0. The highest BCUT2D eigenvalue weighted by Crippen LogP contribution is 2.37. The van der Waals surface area contributed by atoms with Gasteiger partial charge in [0.2, 0.25) is 29.5 Å². The molecule has 112 heavy (non-hydrogen) atoms. The number of ether oxygens (including phenoxy) is 3. The number of unbranched alkanes of at least 4 members (excludes halogenated alkanes) is 2. The maximum atomic E-state index is 15.0. The first kappa shape index (κ1) is 88.0. The molecule has 0 bridgehead atoms. The number of thioether (sulfide) groups is 2. The first-order valence-corrected chi connectivity index (χ1v) is 41.9. The van der Waals surface area contributed by atoms with Crippen LogP contribution in [0.3, 0.4) is 0 Å². The van der Waals surface area contributed by atoms with Gasteiger partial charge in [0.15, 0.2) is 23.3 Å². The van der Waals surface area contributed by atoms with Crippen LogP contribution in [-0.4, -0.2) is 195 Å². The third-order valence-electron chi connectivity index (χ3n) is 19.2. The smallest absolute Gasteiger partial charge is 0.411 e. The molecule has 4 aliphatic rings. The summed E-state index contributed by atoms with van der Waals surface area (Å²) in [5.41, 5.74) is 28.7. The van der Waals surface area contributed by atoms with E-state index in [-0.39, 0.29) is 106 Å². The molecule has 30 nitrogen and oxygen atoms in total. The second-order valence-corrected chi connectivity index (χ2v) is 34.2. The first-order chi connectivity index (χ1) is 53.8. The number of nitrogens with one attached hydrogen (secondary N) is 4. The number of rotatable bonds is 42. The van der Waals surface area contributed by atoms with Crippen molar-refractivity contribution in [2.75, 3.05) is 64.3 Å². The zero-order valence-corrected chi connectivity index (χ0v) is 67.0. The highest BCUT2D eigenvalue weighted by Gasteiger charge is 2.42. The number of nitrogens with two attached hydrogens (primary N) is 1. The fourth-order valence-electron chi connectivity index (χ4n) is 13.3. The van der Waals surface area contributed by atoms with Crippen molar-refractivity contribution in [3.63, 3.8) is 0 Å². The van der Waals surface area contributed by atoms with E-state index in [1.54, 1.807) is 48.5 Å². The normalized spacial score (nSPS) is 17.1. The molecule has 4 aromatic carbocycles. The number of amides is 8. The Labute approximate surface area is 668 Å². The van der Waals surface area contributed by atoms with Crippen molar-refractivity contribution >= 4 is 132 Å². The first-order valence-electron chi connectivity index (χ1n) is 37.4. The average Bonchev–Trinajstić information content (AvgIpc) is 1.66. The zero-order valence-electron chi connectivity index (χ0n) is 63.7. The number of carbonyl (C=O) groups is 12. The van der Waals surface area contributed by atoms with Crippen LogP contribution >= 0.6 is 45.1 Å². The molecule has 8 rings (SSSR count). The lowest BCUT2D eigenvalue weighted by Gasteiger charge is -2.29. The van der Waals surface area contributed by atoms with Gasteiger partial charge in [0.25, 0.3) is 5.91 Å². The van der Waals surface area contributed by atoms with Gasteiger partial charge in [0, 0.05) is 100 Å². The van der Waals surface area contributed by atoms with Crippen molar-refractivity contribution in [2.24, 2.45) is 27.8 Å². The SMILES string of the molecule is CN(C)CCCC[C@H](CC(=O)[C@H](CSSC(C)(C)C)NC(=O)OCc1ccc(N=[N+]=[N-])cc1)C(=O)N[C@@H](CC1=CCc2ccccc21)C(=O)OCC(=O)N1CCC[C@H]1C(=O)C[C@@H](CCCCNC(=O)[C@@H]1CSCN1C(=O)OCc1ccc(N=[N+]=[N-])cc1)C(=O)N[C@@H](CC(=O)SCc1ccccc1)C(=O)N1CCC[C@H]1C(N)=O. The number of ketones is 2. The van der Waals surface area contributed by atoms with Gasteiger partial charge in [-0.25, -0.2) is 14.4 Å². The van der Waals surface area contributed by atoms with Crippen LogP contribution in [0.4, 0.5) is 21.0 Å². The molecule has 0 spiro atoms. The number of hydrogen-bond donors (Lipinski definition) is 5. The molecule has 3 fully saturated rings. The molecule has 0 aromatic heterocycles. The minimum atomic E-state index is -1.48. The fourth-order valence-corrected chi connectivity index (χ4v) is 17.8. The molecule has 8 amide bonds. The van der Waals surface area contributed by atoms with Crippen molar-refractivity contribution in [3.05, 3.63) is 158 Å². The Balaban J connectivity index is 0.967. The van der Waals surface area contributed by atoms with E-state index in [1.807, 2.05) is 100 Å². The van der Waals surface area contributed by atoms with Crippen LogP contribution in [0, 0.1) is 11.8 Å². The fraction of sp³-hybridized carbons (Fsp3) is 0.513. The average molecular weight is 1620 g/mol. The number of nitrogens with zero attached hydrogens (tertiary/aromatic N) is 10. The van der Waals surface area contributed by atoms with Crippen LogP contribution in [-0.2, 0) is 87.5 Å². The van der Waals surface area contributed by atoms with Gasteiger partial charge in [0.1, 0.15) is 43.4 Å². The van der Waals surface area contributed by atoms with Gasteiger partial charge in [0.05, 0.1) is 11.9 Å². The number of likely N-dealkylation sites (tertiary alicyclic amines) is 2. The second-order valence-electron chi connectivity index (χ2n) is 29.0. The van der Waals surface area contributed by atoms with Crippen LogP contribution in [0.25, 0.3) is 26.5 Å². The van der Waals surface area contributed by atoms with Gasteiger partial charge >= 0.3 is 18.2 Å². The van der Waals surface area contributed by atoms with Gasteiger partial charge in [-0.05, 0) is 123 Å². The maximum absolute atomic E-state index is 15.0. The molecular formula is C78H99N15O15S4. The minimum Gasteiger partial charge on any atom is -0.454 e. The summed E-state index contributed by atoms with van der Waals surface area (Å²) in [7, 11) is 6.71. The second kappa shape index (κ2) is 44.6. The molecule has 1 aliphatic carbocycles. The number of primary amides is 1. The van der Waals surface area contributed by atoms with Crippen LogP contribution in [0.5, 0.6) is 0 Å². The molecule has 3 aliphatic heterocycles. The Morgan fingerprint density at radius 2 is 1.29 bits per heavy atom. The molecule has 0 radical (unpaired) electrons. The predicted molar refractivity (Wildman–Crippen MR) is 430 cm³/mol. The summed E-state index contributed by atoms with van der Waals surface area (Å²) in [6, 6.07) is 22.7. The molecule has 0 saturated carbocycles. The van der Waals surface area contributed by atoms with Crippen LogP contribution in [0.2, 0.25) is 0 Å². The van der Waals surface area contributed by atoms with E-state index in [4.69, 9.17) is 31.0 Å². The summed E-state index contributed by atoms with van der Waals surface area (Å²) in [6.45, 7) is 5.89. The Morgan fingerprint density at radius 1 is 0.670 bits per heavy atom. The van der Waals surface area contributed by atoms with Crippen LogP contribution < -0.4 is 27.0 Å². The van der Waals surface area contributed by atoms with E-state index < -0.39 is 138 Å². The molecule has 4 aromatic rings. The molecule has 600 valence electrons. The van der Waals surface area contributed by atoms with Crippen LogP contribution in [0.15, 0.2) is 119 Å². The number of esters is 1. The van der Waals surface area contributed by atoms with Gasteiger partial charge in [-0.2, -0.15) is 0 Å². The number of Topliss-reactive ketones (excluding diaryl/α,β-unsaturated/α-hetero) is 2. The Hall–Kier alpha value is -9.56. The Morgan fingerprint density at radius 3 is 1.94 bits per heavy atom. The van der Waals surface area contributed by atoms with Gasteiger partial charge in [-0.1, -0.05) is 186 Å². The zero-order chi connectivity index (χ0) is 80.7. The largest absolute Gasteiger partial charge is 0.454 e. The summed E-state index contributed by atoms with van der Waals surface area (Å²) >= 11 is 2.31. The highest BCUT2D eigenvalue weighted by atomic mass is 33.1. The maximum Gasteiger partial charge on any atom is 0.411 e. The quantitative estimate of drug-likeness (QED) is 0.00523. The standard InChI is InChI=1S/C78H99N15O15S4/c1-78(2,3)112-111-47-62(85-76(104)107-43-50-25-31-57(32-26-50)86-88-80)66(94)40-55(21-12-14-36-90(4)5)72(100)84-61(39-54-30-29-53-19-9-10-22-59(53)54)75(103)106-45-68(96)91-37-15-23-63(91)67(95)41-56(20-11-13-35-82-73(101)65-48-109-49-93(65)77(105)108-44-51-27-33-58(34-28-51)87-89-81)71(99)83-60(74(102)92-38-16-24-64(92)70(79)98)42-69(97)110-46-52-17-7-6-8-18-52/h6-10,17-19,22,25-28,30-34,55-56,60-65H,11-16,20-21,23-24,29,35-49H2,1-5H3,(H2,79,98)(H,82,101)(H,83,99)(H,84,100)(H,85,104)/t55-,56-,60+,61+,62+,63+,64+,65+/m1/s1. The Kier molecular flexibility index (Phi) is 35.1. The molecule has 3 heterocycles. The summed E-state index contributed by atoms with van der Waals surface area (Å²) in [4.78, 5) is 182. The van der Waals surface area contributed by atoms with Crippen molar-refractivity contribution in [2.45, 2.75) is 177 Å².